The summed E-state index contributed by atoms with van der Waals surface area (Å²) in [6.07, 6.45) is 3.59. The van der Waals surface area contributed by atoms with Gasteiger partial charge in [-0.25, -0.2) is 4.98 Å². The van der Waals surface area contributed by atoms with Crippen LogP contribution in [0, 0.1) is 17.0 Å². The third-order valence-electron chi connectivity index (χ3n) is 3.76. The van der Waals surface area contributed by atoms with Crippen molar-refractivity contribution >= 4 is 29.0 Å². The monoisotopic (exact) mass is 368 g/mol. The van der Waals surface area contributed by atoms with E-state index in [-0.39, 0.29) is 11.3 Å². The molecule has 0 spiro atoms. The number of carbonyl (C=O) groups excluding carboxylic acids is 1. The Morgan fingerprint density at radius 1 is 1.23 bits per heavy atom. The molecule has 0 aliphatic carbocycles. The van der Waals surface area contributed by atoms with Crippen molar-refractivity contribution in [2.45, 2.75) is 17.0 Å². The van der Waals surface area contributed by atoms with Gasteiger partial charge < -0.3 is 9.88 Å². The molecule has 1 N–H and O–H groups in total. The van der Waals surface area contributed by atoms with E-state index >= 15 is 0 Å². The molecule has 1 amide bonds. The van der Waals surface area contributed by atoms with Crippen molar-refractivity contribution in [1.29, 1.82) is 0 Å². The number of benzene rings is 2. The maximum atomic E-state index is 12.4. The maximum absolute atomic E-state index is 12.4. The summed E-state index contributed by atoms with van der Waals surface area (Å²) in [5.74, 6) is -0.509. The molecule has 132 valence electrons. The third kappa shape index (κ3) is 3.75. The van der Waals surface area contributed by atoms with Gasteiger partial charge in [0.2, 0.25) is 0 Å². The number of nitrogens with one attached hydrogen (secondary N) is 1. The van der Waals surface area contributed by atoms with E-state index in [1.807, 2.05) is 29.9 Å². The van der Waals surface area contributed by atoms with Gasteiger partial charge in [0.1, 0.15) is 5.56 Å². The Bertz CT molecular complexity index is 967. The maximum Gasteiger partial charge on any atom is 0.285 e. The first-order valence-electron chi connectivity index (χ1n) is 7.76. The molecule has 0 saturated carbocycles. The molecule has 3 aromatic rings. The van der Waals surface area contributed by atoms with E-state index in [0.717, 1.165) is 10.1 Å². The number of rotatable bonds is 5. The van der Waals surface area contributed by atoms with Crippen LogP contribution in [0.3, 0.4) is 0 Å². The molecule has 0 bridgehead atoms. The number of nitro benzene ring substituents is 1. The van der Waals surface area contributed by atoms with Gasteiger partial charge in [-0.1, -0.05) is 23.9 Å². The summed E-state index contributed by atoms with van der Waals surface area (Å²) in [6, 6.07) is 11.9. The van der Waals surface area contributed by atoms with Crippen LogP contribution in [0.5, 0.6) is 0 Å². The van der Waals surface area contributed by atoms with E-state index in [2.05, 4.69) is 10.3 Å². The van der Waals surface area contributed by atoms with Crippen LogP contribution in [0.1, 0.15) is 15.9 Å². The van der Waals surface area contributed by atoms with Crippen molar-refractivity contribution < 1.29 is 9.72 Å². The first-order chi connectivity index (χ1) is 12.5. The molecule has 0 aliphatic heterocycles. The van der Waals surface area contributed by atoms with Crippen molar-refractivity contribution in [3.8, 4) is 0 Å². The summed E-state index contributed by atoms with van der Waals surface area (Å²) < 4.78 is 1.91. The van der Waals surface area contributed by atoms with Crippen molar-refractivity contribution in [2.24, 2.45) is 7.05 Å². The van der Waals surface area contributed by atoms with Crippen LogP contribution in [-0.4, -0.2) is 20.4 Å². The fraction of sp³-hybridized carbons (Fsp3) is 0.111. The minimum Gasteiger partial charge on any atom is -0.329 e. The fourth-order valence-electron chi connectivity index (χ4n) is 2.44. The van der Waals surface area contributed by atoms with E-state index < -0.39 is 10.8 Å². The predicted octanol–water partition coefficient (Wildman–Crippen LogP) is 4.04. The van der Waals surface area contributed by atoms with Crippen LogP contribution in [0.2, 0.25) is 0 Å². The predicted molar refractivity (Wildman–Crippen MR) is 99.6 cm³/mol. The second-order valence-corrected chi connectivity index (χ2v) is 6.67. The highest BCUT2D eigenvalue weighted by atomic mass is 32.2. The summed E-state index contributed by atoms with van der Waals surface area (Å²) in [5.41, 5.74) is 0.882. The van der Waals surface area contributed by atoms with Crippen LogP contribution in [0.4, 0.5) is 11.4 Å². The third-order valence-corrected chi connectivity index (χ3v) is 4.85. The Morgan fingerprint density at radius 2 is 1.96 bits per heavy atom. The zero-order chi connectivity index (χ0) is 18.7. The van der Waals surface area contributed by atoms with Crippen LogP contribution >= 0.6 is 11.8 Å². The Kier molecular flexibility index (Phi) is 5.04. The average molecular weight is 368 g/mol. The number of nitro groups is 1. The Morgan fingerprint density at radius 3 is 2.58 bits per heavy atom. The highest BCUT2D eigenvalue weighted by Crippen LogP contribution is 2.28. The highest BCUT2D eigenvalue weighted by Gasteiger charge is 2.22. The number of nitrogens with zero attached hydrogens (tertiary/aromatic N) is 3. The number of hydrogen-bond donors (Lipinski definition) is 1. The zero-order valence-corrected chi connectivity index (χ0v) is 15.0. The molecule has 2 aromatic carbocycles. The first kappa shape index (κ1) is 17.7. The number of aryl methyl sites for hydroxylation is 2. The summed E-state index contributed by atoms with van der Waals surface area (Å²) >= 11 is 1.50. The largest absolute Gasteiger partial charge is 0.329 e. The number of hydrogen-bond acceptors (Lipinski definition) is 5. The lowest BCUT2D eigenvalue weighted by molar-refractivity contribution is -0.385. The van der Waals surface area contributed by atoms with Gasteiger partial charge >= 0.3 is 0 Å². The lowest BCUT2D eigenvalue weighted by Gasteiger charge is -2.08. The Labute approximate surface area is 154 Å². The van der Waals surface area contributed by atoms with Gasteiger partial charge in [-0.2, -0.15) is 0 Å². The highest BCUT2D eigenvalue weighted by molar-refractivity contribution is 7.99. The van der Waals surface area contributed by atoms with Crippen molar-refractivity contribution in [3.05, 3.63) is 76.1 Å². The van der Waals surface area contributed by atoms with E-state index in [0.29, 0.717) is 11.3 Å². The van der Waals surface area contributed by atoms with Gasteiger partial charge in [0, 0.05) is 35.6 Å². The quantitative estimate of drug-likeness (QED) is 0.542. The van der Waals surface area contributed by atoms with Crippen molar-refractivity contribution in [2.75, 3.05) is 5.32 Å². The number of imidazole rings is 1. The number of carbonyl (C=O) groups is 1. The minimum absolute atomic E-state index is 0.0430. The number of aromatic nitrogens is 2. The van der Waals surface area contributed by atoms with Crippen molar-refractivity contribution in [3.63, 3.8) is 0 Å². The van der Waals surface area contributed by atoms with E-state index in [4.69, 9.17) is 0 Å². The number of para-hydroxylation sites is 1. The standard InChI is InChI=1S/C18H16N4O3S/c1-12-4-3-5-15(16(12)22(24)25)17(23)20-13-6-8-14(9-7-13)26-18-19-10-11-21(18)2/h3-11H,1-2H3,(H,20,23). The molecular weight excluding hydrogens is 352 g/mol. The molecule has 26 heavy (non-hydrogen) atoms. The minimum atomic E-state index is -0.531. The average Bonchev–Trinajstić information content (AvgIpc) is 3.01. The SMILES string of the molecule is Cc1cccc(C(=O)Nc2ccc(Sc3nccn3C)cc2)c1[N+](=O)[O-]. The Hall–Kier alpha value is -3.13. The topological polar surface area (TPSA) is 90.1 Å². The van der Waals surface area contributed by atoms with Crippen LogP contribution in [0.15, 0.2) is 64.9 Å². The van der Waals surface area contributed by atoms with E-state index in [1.54, 1.807) is 37.4 Å². The summed E-state index contributed by atoms with van der Waals surface area (Å²) in [5, 5.41) is 14.8. The fourth-order valence-corrected chi connectivity index (χ4v) is 3.25. The zero-order valence-electron chi connectivity index (χ0n) is 14.2. The van der Waals surface area contributed by atoms with Crippen LogP contribution in [0.25, 0.3) is 0 Å². The molecule has 0 atom stereocenters. The smallest absolute Gasteiger partial charge is 0.285 e. The molecular formula is C18H16N4O3S. The van der Waals surface area contributed by atoms with E-state index in [1.165, 1.54) is 17.8 Å². The van der Waals surface area contributed by atoms with Gasteiger partial charge in [0.05, 0.1) is 4.92 Å². The summed E-state index contributed by atoms with van der Waals surface area (Å²) in [6.45, 7) is 1.61. The first-order valence-corrected chi connectivity index (χ1v) is 8.58. The molecule has 1 aromatic heterocycles. The molecule has 0 radical (unpaired) electrons. The summed E-state index contributed by atoms with van der Waals surface area (Å²) in [4.78, 5) is 28.4. The second-order valence-electron chi connectivity index (χ2n) is 5.63. The molecule has 0 fully saturated rings. The Balaban J connectivity index is 1.75. The van der Waals surface area contributed by atoms with Gasteiger partial charge in [-0.3, -0.25) is 14.9 Å². The molecule has 0 saturated heterocycles. The number of anilines is 1. The molecule has 7 nitrogen and oxygen atoms in total. The number of amides is 1. The van der Waals surface area contributed by atoms with Crippen LogP contribution in [-0.2, 0) is 7.05 Å². The van der Waals surface area contributed by atoms with Crippen molar-refractivity contribution in [1.82, 2.24) is 9.55 Å². The summed E-state index contributed by atoms with van der Waals surface area (Å²) in [7, 11) is 1.92. The van der Waals surface area contributed by atoms with Crippen LogP contribution < -0.4 is 5.32 Å². The normalized spacial score (nSPS) is 10.5. The molecule has 0 unspecified atom stereocenters. The van der Waals surface area contributed by atoms with Gasteiger partial charge in [-0.05, 0) is 37.3 Å². The molecule has 1 heterocycles. The lowest BCUT2D eigenvalue weighted by atomic mass is 10.1. The molecule has 8 heteroatoms. The lowest BCUT2D eigenvalue weighted by Crippen LogP contribution is -2.14. The molecule has 3 rings (SSSR count). The van der Waals surface area contributed by atoms with Gasteiger partial charge in [0.25, 0.3) is 11.6 Å². The van der Waals surface area contributed by atoms with E-state index in [9.17, 15) is 14.9 Å². The second kappa shape index (κ2) is 7.40. The molecule has 0 aliphatic rings. The van der Waals surface area contributed by atoms with Gasteiger partial charge in [0.15, 0.2) is 5.16 Å². The van der Waals surface area contributed by atoms with Gasteiger partial charge in [-0.15, -0.1) is 0 Å².